The molecule has 0 bridgehead atoms. The summed E-state index contributed by atoms with van der Waals surface area (Å²) in [6, 6.07) is 13.5. The third-order valence-electron chi connectivity index (χ3n) is 7.79. The van der Waals surface area contributed by atoms with Crippen molar-refractivity contribution >= 4 is 79.1 Å². The van der Waals surface area contributed by atoms with Crippen molar-refractivity contribution in [2.45, 2.75) is 6.42 Å². The molecule has 0 aliphatic rings. The van der Waals surface area contributed by atoms with Gasteiger partial charge in [-0.05, 0) is 58.4 Å². The highest BCUT2D eigenvalue weighted by Crippen LogP contribution is 2.25. The average Bonchev–Trinajstić information content (AvgIpc) is 3.81. The zero-order valence-electron chi connectivity index (χ0n) is 27.6. The number of nitrogens with one attached hydrogen (secondary N) is 5. The fourth-order valence-corrected chi connectivity index (χ4v) is 5.43. The van der Waals surface area contributed by atoms with Gasteiger partial charge in [-0.1, -0.05) is 6.58 Å². The largest absolute Gasteiger partial charge is 0.350 e. The van der Waals surface area contributed by atoms with Crippen molar-refractivity contribution in [1.29, 1.82) is 5.26 Å². The molecule has 0 unspecified atom stereocenters. The van der Waals surface area contributed by atoms with E-state index in [4.69, 9.17) is 5.26 Å². The number of carbonyl (C=O) groups is 5. The molecule has 5 rings (SSSR count). The molecule has 15 nitrogen and oxygen atoms in total. The maximum absolute atomic E-state index is 13.3. The lowest BCUT2D eigenvalue weighted by atomic mass is 10.2. The van der Waals surface area contributed by atoms with Crippen LogP contribution in [0.5, 0.6) is 0 Å². The Labute approximate surface area is 294 Å². The number of hydrogen-bond donors (Lipinski definition) is 5. The number of carbonyl (C=O) groups excluding carboxylic acids is 5. The van der Waals surface area contributed by atoms with Crippen LogP contribution < -0.4 is 26.6 Å². The van der Waals surface area contributed by atoms with Crippen molar-refractivity contribution in [3.05, 3.63) is 94.9 Å². The number of anilines is 4. The van der Waals surface area contributed by atoms with Gasteiger partial charge in [-0.2, -0.15) is 5.26 Å². The van der Waals surface area contributed by atoms with E-state index < -0.39 is 17.7 Å². The van der Waals surface area contributed by atoms with E-state index in [1.807, 2.05) is 6.07 Å². The summed E-state index contributed by atoms with van der Waals surface area (Å²) in [5.74, 6) is -2.08. The number of rotatable bonds is 11. The van der Waals surface area contributed by atoms with E-state index in [9.17, 15) is 24.0 Å². The highest BCUT2D eigenvalue weighted by molar-refractivity contribution is 9.12. The van der Waals surface area contributed by atoms with E-state index in [1.165, 1.54) is 18.2 Å². The zero-order chi connectivity index (χ0) is 36.3. The first-order valence-corrected chi connectivity index (χ1v) is 15.9. The smallest absolute Gasteiger partial charge is 0.272 e. The van der Waals surface area contributed by atoms with E-state index in [0.717, 1.165) is 10.9 Å². The van der Waals surface area contributed by atoms with E-state index in [1.54, 1.807) is 89.3 Å². The van der Waals surface area contributed by atoms with Crippen LogP contribution in [0.1, 0.15) is 48.4 Å². The number of nitrogens with zero attached hydrogens (tertiary/aromatic N) is 5. The number of aryl methyl sites for hydroxylation is 4. The summed E-state index contributed by atoms with van der Waals surface area (Å²) in [7, 11) is 6.74. The standard InChI is InChI=1S/C34H33BrN10O5/c1-19(35)30(46)38-21-7-8-25-20(11-21)12-29(45(25)5)34(50)41-24-15-28(44(4)18-24)33(49)40-23-14-27(43(3)17-23)32(48)39-22-13-26(42(2)16-22)31(47)37-10-6-9-36/h7-8,11-18H,1,6,10H2,2-5H3,(H,37,47)(H,38,46)(H,39,48)(H,40,49)(H,41,50). The van der Waals surface area contributed by atoms with Crippen LogP contribution in [0, 0.1) is 11.3 Å². The minimum absolute atomic E-state index is 0.182. The maximum Gasteiger partial charge on any atom is 0.272 e. The van der Waals surface area contributed by atoms with Gasteiger partial charge in [-0.25, -0.2) is 0 Å². The zero-order valence-corrected chi connectivity index (χ0v) is 29.1. The van der Waals surface area contributed by atoms with Gasteiger partial charge < -0.3 is 44.9 Å². The fourth-order valence-electron chi connectivity index (χ4n) is 5.33. The quantitative estimate of drug-likeness (QED) is 0.0983. The Hall–Kier alpha value is -6.34. The summed E-state index contributed by atoms with van der Waals surface area (Å²) in [5.41, 5.74) is 3.66. The Morgan fingerprint density at radius 1 is 0.680 bits per heavy atom. The Morgan fingerprint density at radius 3 is 1.64 bits per heavy atom. The average molecular weight is 742 g/mol. The third kappa shape index (κ3) is 7.53. The summed E-state index contributed by atoms with van der Waals surface area (Å²) in [6.45, 7) is 3.77. The first-order valence-electron chi connectivity index (χ1n) is 15.1. The Bertz CT molecular complexity index is 2250. The first-order chi connectivity index (χ1) is 23.7. The van der Waals surface area contributed by atoms with Crippen LogP contribution in [-0.2, 0) is 33.0 Å². The SMILES string of the molecule is C=C(Br)C(=O)Nc1ccc2c(c1)cc(C(=O)Nc1cc(C(=O)Nc3cc(C(=O)Nc4cc(C(=O)NCCC#N)n(C)c4)n(C)c3)n(C)c1)n2C. The van der Waals surface area contributed by atoms with Gasteiger partial charge in [0, 0.05) is 69.9 Å². The van der Waals surface area contributed by atoms with Gasteiger partial charge in [0.15, 0.2) is 0 Å². The van der Waals surface area contributed by atoms with Crippen molar-refractivity contribution in [1.82, 2.24) is 23.6 Å². The van der Waals surface area contributed by atoms with Crippen LogP contribution >= 0.6 is 15.9 Å². The topological polar surface area (TPSA) is 189 Å². The molecule has 1 aromatic carbocycles. The van der Waals surface area contributed by atoms with Gasteiger partial charge in [0.05, 0.1) is 34.0 Å². The minimum Gasteiger partial charge on any atom is -0.350 e. The molecule has 5 amide bonds. The van der Waals surface area contributed by atoms with Gasteiger partial charge in [-0.3, -0.25) is 24.0 Å². The van der Waals surface area contributed by atoms with Gasteiger partial charge >= 0.3 is 0 Å². The molecule has 50 heavy (non-hydrogen) atoms. The van der Waals surface area contributed by atoms with Gasteiger partial charge in [0.1, 0.15) is 22.8 Å². The predicted molar refractivity (Wildman–Crippen MR) is 192 cm³/mol. The number of benzene rings is 1. The van der Waals surface area contributed by atoms with Gasteiger partial charge in [-0.15, -0.1) is 0 Å². The summed E-state index contributed by atoms with van der Waals surface area (Å²) >= 11 is 3.05. The molecule has 0 saturated carbocycles. The highest BCUT2D eigenvalue weighted by atomic mass is 79.9. The van der Waals surface area contributed by atoms with Crippen LogP contribution in [0.3, 0.4) is 0 Å². The summed E-state index contributed by atoms with van der Waals surface area (Å²) < 4.78 is 6.61. The van der Waals surface area contributed by atoms with Crippen molar-refractivity contribution in [2.75, 3.05) is 27.8 Å². The predicted octanol–water partition coefficient (Wildman–Crippen LogP) is 4.44. The number of nitriles is 1. The second-order valence-corrected chi connectivity index (χ2v) is 12.4. The summed E-state index contributed by atoms with van der Waals surface area (Å²) in [4.78, 5) is 64.0. The fraction of sp³-hybridized carbons (Fsp3) is 0.176. The van der Waals surface area contributed by atoms with Crippen molar-refractivity contribution in [3.63, 3.8) is 0 Å². The van der Waals surface area contributed by atoms with Crippen LogP contribution in [0.25, 0.3) is 10.9 Å². The van der Waals surface area contributed by atoms with Crippen LogP contribution in [0.4, 0.5) is 22.7 Å². The molecular formula is C34H33BrN10O5. The van der Waals surface area contributed by atoms with E-state index in [0.29, 0.717) is 34.1 Å². The van der Waals surface area contributed by atoms with Crippen molar-refractivity contribution in [2.24, 2.45) is 28.2 Å². The number of aromatic nitrogens is 4. The van der Waals surface area contributed by atoms with E-state index >= 15 is 0 Å². The molecule has 16 heteroatoms. The number of halogens is 1. The van der Waals surface area contributed by atoms with Gasteiger partial charge in [0.2, 0.25) is 0 Å². The molecule has 0 aliphatic carbocycles. The monoisotopic (exact) mass is 740 g/mol. The van der Waals surface area contributed by atoms with Crippen LogP contribution in [-0.4, -0.2) is 54.3 Å². The molecule has 0 atom stereocenters. The number of amides is 5. The normalized spacial score (nSPS) is 10.7. The second-order valence-electron chi connectivity index (χ2n) is 11.4. The van der Waals surface area contributed by atoms with E-state index in [2.05, 4.69) is 49.1 Å². The molecular weight excluding hydrogens is 708 g/mol. The lowest BCUT2D eigenvalue weighted by molar-refractivity contribution is -0.112. The molecule has 0 aliphatic heterocycles. The van der Waals surface area contributed by atoms with Crippen molar-refractivity contribution < 1.29 is 24.0 Å². The molecule has 256 valence electrons. The molecule has 4 aromatic heterocycles. The first kappa shape index (κ1) is 35.0. The molecule has 0 fully saturated rings. The highest BCUT2D eigenvalue weighted by Gasteiger charge is 2.20. The molecule has 4 heterocycles. The Balaban J connectivity index is 1.23. The van der Waals surface area contributed by atoms with Gasteiger partial charge in [0.25, 0.3) is 29.5 Å². The second kappa shape index (κ2) is 14.4. The summed E-state index contributed by atoms with van der Waals surface area (Å²) in [6.07, 6.45) is 4.97. The number of fused-ring (bicyclic) bond motifs is 1. The van der Waals surface area contributed by atoms with Crippen LogP contribution in [0.15, 0.2) is 72.1 Å². The Morgan fingerprint density at radius 2 is 1.16 bits per heavy atom. The molecule has 0 spiro atoms. The summed E-state index contributed by atoms with van der Waals surface area (Å²) in [5, 5.41) is 23.2. The maximum atomic E-state index is 13.3. The molecule has 0 radical (unpaired) electrons. The third-order valence-corrected chi connectivity index (χ3v) is 8.15. The van der Waals surface area contributed by atoms with Crippen LogP contribution in [0.2, 0.25) is 0 Å². The number of hydrogen-bond acceptors (Lipinski definition) is 6. The minimum atomic E-state index is -0.467. The molecule has 0 saturated heterocycles. The van der Waals surface area contributed by atoms with Crippen molar-refractivity contribution in [3.8, 4) is 6.07 Å². The Kier molecular flexibility index (Phi) is 10.1. The molecule has 5 aromatic rings. The molecule has 5 N–H and O–H groups in total. The lowest BCUT2D eigenvalue weighted by Gasteiger charge is -2.06. The van der Waals surface area contributed by atoms with E-state index in [-0.39, 0.29) is 40.7 Å². The lowest BCUT2D eigenvalue weighted by Crippen LogP contribution is -2.25.